The maximum Gasteiger partial charge on any atom is 0.263 e. The summed E-state index contributed by atoms with van der Waals surface area (Å²) >= 11 is 5.85. The summed E-state index contributed by atoms with van der Waals surface area (Å²) in [5.74, 6) is -0.381. The van der Waals surface area contributed by atoms with Gasteiger partial charge in [-0.05, 0) is 42.7 Å². The highest BCUT2D eigenvalue weighted by molar-refractivity contribution is 6.30. The maximum absolute atomic E-state index is 12.4. The molecule has 0 fully saturated rings. The molecule has 0 aliphatic carbocycles. The van der Waals surface area contributed by atoms with Crippen LogP contribution in [0.15, 0.2) is 60.3 Å². The van der Waals surface area contributed by atoms with Crippen LogP contribution in [0.4, 0.5) is 5.69 Å². The fourth-order valence-electron chi connectivity index (χ4n) is 2.94. The Hall–Kier alpha value is -2.77. The minimum Gasteiger partial charge on any atom is -0.347 e. The van der Waals surface area contributed by atoms with Crippen LogP contribution in [0, 0.1) is 11.3 Å². The Morgan fingerprint density at radius 3 is 2.76 bits per heavy atom. The molecular weight excluding hydrogens is 334 g/mol. The van der Waals surface area contributed by atoms with Crippen LogP contribution in [0.5, 0.6) is 0 Å². The van der Waals surface area contributed by atoms with Crippen molar-refractivity contribution in [2.45, 2.75) is 25.9 Å². The highest BCUT2D eigenvalue weighted by Gasteiger charge is 2.25. The second kappa shape index (κ2) is 7.42. The molecule has 126 valence electrons. The molecule has 1 unspecified atom stereocenters. The van der Waals surface area contributed by atoms with E-state index in [9.17, 15) is 10.1 Å². The fourth-order valence-corrected chi connectivity index (χ4v) is 3.07. The number of nitrogens with one attached hydrogen (secondary N) is 1. The molecule has 25 heavy (non-hydrogen) atoms. The van der Waals surface area contributed by atoms with Gasteiger partial charge in [0, 0.05) is 29.5 Å². The number of benzene rings is 2. The first-order chi connectivity index (χ1) is 12.1. The second-order valence-corrected chi connectivity index (χ2v) is 6.49. The highest BCUT2D eigenvalue weighted by Crippen LogP contribution is 2.32. The van der Waals surface area contributed by atoms with Gasteiger partial charge in [-0.25, -0.2) is 0 Å². The van der Waals surface area contributed by atoms with Gasteiger partial charge in [0.25, 0.3) is 5.91 Å². The lowest BCUT2D eigenvalue weighted by Gasteiger charge is -2.20. The van der Waals surface area contributed by atoms with Gasteiger partial charge >= 0.3 is 0 Å². The number of hydrogen-bond donors (Lipinski definition) is 1. The molecule has 2 aromatic rings. The fraction of sp³-hybridized carbons (Fsp3) is 0.200. The lowest BCUT2D eigenvalue weighted by molar-refractivity contribution is -0.117. The summed E-state index contributed by atoms with van der Waals surface area (Å²) in [5.41, 5.74) is 3.30. The number of amides is 1. The van der Waals surface area contributed by atoms with Crippen molar-refractivity contribution >= 4 is 23.2 Å². The molecule has 0 aromatic heterocycles. The van der Waals surface area contributed by atoms with Crippen LogP contribution < -0.4 is 10.2 Å². The van der Waals surface area contributed by atoms with E-state index < -0.39 is 0 Å². The first-order valence-electron chi connectivity index (χ1n) is 8.09. The van der Waals surface area contributed by atoms with Gasteiger partial charge in [0.2, 0.25) is 0 Å². The Bertz CT molecular complexity index is 852. The van der Waals surface area contributed by atoms with Crippen LogP contribution >= 0.6 is 11.6 Å². The summed E-state index contributed by atoms with van der Waals surface area (Å²) in [5, 5.41) is 12.8. The first kappa shape index (κ1) is 17.1. The van der Waals surface area contributed by atoms with Crippen molar-refractivity contribution in [1.82, 2.24) is 5.32 Å². The van der Waals surface area contributed by atoms with Crippen molar-refractivity contribution in [1.29, 1.82) is 5.26 Å². The van der Waals surface area contributed by atoms with Crippen LogP contribution in [0.1, 0.15) is 18.1 Å². The molecule has 2 aromatic carbocycles. The molecule has 5 heteroatoms. The smallest absolute Gasteiger partial charge is 0.263 e. The normalized spacial score (nSPS) is 16.3. The number of fused-ring (bicyclic) bond motifs is 1. The van der Waals surface area contributed by atoms with Gasteiger partial charge in [0.1, 0.15) is 11.6 Å². The quantitative estimate of drug-likeness (QED) is 0.673. The molecule has 4 nitrogen and oxygen atoms in total. The van der Waals surface area contributed by atoms with E-state index in [1.165, 1.54) is 5.56 Å². The SMILES string of the molecule is CC1Cc2ccccc2N1/C=C(/C#N)C(=O)NCc1ccc(Cl)cc1. The molecular formula is C20H18ClN3O. The summed E-state index contributed by atoms with van der Waals surface area (Å²) in [6, 6.07) is 17.5. The van der Waals surface area contributed by atoms with Gasteiger partial charge < -0.3 is 10.2 Å². The zero-order chi connectivity index (χ0) is 17.8. The second-order valence-electron chi connectivity index (χ2n) is 6.05. The van der Waals surface area contributed by atoms with Gasteiger partial charge in [-0.2, -0.15) is 5.26 Å². The van der Waals surface area contributed by atoms with Crippen LogP contribution in [0.25, 0.3) is 0 Å². The molecule has 0 saturated heterocycles. The van der Waals surface area contributed by atoms with E-state index in [-0.39, 0.29) is 17.5 Å². The van der Waals surface area contributed by atoms with E-state index in [0.29, 0.717) is 11.6 Å². The third-order valence-corrected chi connectivity index (χ3v) is 4.51. The summed E-state index contributed by atoms with van der Waals surface area (Å²) in [6.07, 6.45) is 2.55. The third kappa shape index (κ3) is 3.84. The number of carbonyl (C=O) groups excluding carboxylic acids is 1. The Kier molecular flexibility index (Phi) is 5.06. The zero-order valence-corrected chi connectivity index (χ0v) is 14.6. The van der Waals surface area contributed by atoms with Gasteiger partial charge in [0.15, 0.2) is 0 Å². The van der Waals surface area contributed by atoms with E-state index in [2.05, 4.69) is 18.3 Å². The lowest BCUT2D eigenvalue weighted by atomic mass is 10.1. The largest absolute Gasteiger partial charge is 0.347 e. The molecule has 0 saturated carbocycles. The third-order valence-electron chi connectivity index (χ3n) is 4.26. The number of carbonyl (C=O) groups is 1. The molecule has 3 rings (SSSR count). The van der Waals surface area contributed by atoms with Crippen molar-refractivity contribution < 1.29 is 4.79 Å². The van der Waals surface area contributed by atoms with E-state index in [0.717, 1.165) is 17.7 Å². The van der Waals surface area contributed by atoms with Gasteiger partial charge in [-0.1, -0.05) is 41.9 Å². The van der Waals surface area contributed by atoms with Gasteiger partial charge in [-0.3, -0.25) is 4.79 Å². The number of hydrogen-bond acceptors (Lipinski definition) is 3. The average molecular weight is 352 g/mol. The van der Waals surface area contributed by atoms with Crippen LogP contribution in [-0.2, 0) is 17.8 Å². The topological polar surface area (TPSA) is 56.1 Å². The Labute approximate surface area is 152 Å². The minimum atomic E-state index is -0.381. The monoisotopic (exact) mass is 351 g/mol. The van der Waals surface area contributed by atoms with Crippen molar-refractivity contribution in [2.75, 3.05) is 4.90 Å². The van der Waals surface area contributed by atoms with Crippen LogP contribution in [0.2, 0.25) is 5.02 Å². The molecule has 1 N–H and O–H groups in total. The molecule has 1 aliphatic rings. The van der Waals surface area contributed by atoms with E-state index in [1.54, 1.807) is 18.3 Å². The Morgan fingerprint density at radius 2 is 2.04 bits per heavy atom. The van der Waals surface area contributed by atoms with E-state index in [4.69, 9.17) is 11.6 Å². The van der Waals surface area contributed by atoms with Gasteiger partial charge in [0.05, 0.1) is 0 Å². The molecule has 1 heterocycles. The predicted octanol–water partition coefficient (Wildman–Crippen LogP) is 3.81. The minimum absolute atomic E-state index is 0.0949. The summed E-state index contributed by atoms with van der Waals surface area (Å²) < 4.78 is 0. The van der Waals surface area contributed by atoms with E-state index in [1.807, 2.05) is 41.3 Å². The van der Waals surface area contributed by atoms with Crippen molar-refractivity contribution in [2.24, 2.45) is 0 Å². The summed E-state index contributed by atoms with van der Waals surface area (Å²) in [7, 11) is 0. The lowest BCUT2D eigenvalue weighted by Crippen LogP contribution is -2.28. The Balaban J connectivity index is 1.73. The average Bonchev–Trinajstić information content (AvgIpc) is 2.94. The predicted molar refractivity (Wildman–Crippen MR) is 99.1 cm³/mol. The molecule has 0 bridgehead atoms. The maximum atomic E-state index is 12.4. The molecule has 1 aliphatic heterocycles. The molecule has 0 spiro atoms. The van der Waals surface area contributed by atoms with Gasteiger partial charge in [-0.15, -0.1) is 0 Å². The van der Waals surface area contributed by atoms with Crippen LogP contribution in [-0.4, -0.2) is 11.9 Å². The number of anilines is 1. The van der Waals surface area contributed by atoms with Crippen molar-refractivity contribution in [3.63, 3.8) is 0 Å². The number of nitrogens with zero attached hydrogens (tertiary/aromatic N) is 2. The van der Waals surface area contributed by atoms with Crippen molar-refractivity contribution in [3.05, 3.63) is 76.5 Å². The Morgan fingerprint density at radius 1 is 1.32 bits per heavy atom. The number of nitriles is 1. The molecule has 1 atom stereocenters. The molecule has 0 radical (unpaired) electrons. The number of para-hydroxylation sites is 1. The van der Waals surface area contributed by atoms with Crippen LogP contribution in [0.3, 0.4) is 0 Å². The number of halogens is 1. The molecule has 1 amide bonds. The summed E-state index contributed by atoms with van der Waals surface area (Å²) in [4.78, 5) is 14.4. The van der Waals surface area contributed by atoms with E-state index >= 15 is 0 Å². The summed E-state index contributed by atoms with van der Waals surface area (Å²) in [6.45, 7) is 2.43. The number of rotatable bonds is 4. The van der Waals surface area contributed by atoms with Crippen molar-refractivity contribution in [3.8, 4) is 6.07 Å². The first-order valence-corrected chi connectivity index (χ1v) is 8.47. The standard InChI is InChI=1S/C20H18ClN3O/c1-14-10-16-4-2-3-5-19(16)24(14)13-17(11-22)20(25)23-12-15-6-8-18(21)9-7-15/h2-9,13-14H,10,12H2,1H3,(H,23,25)/b17-13-. The highest BCUT2D eigenvalue weighted by atomic mass is 35.5. The zero-order valence-electron chi connectivity index (χ0n) is 13.9.